The van der Waals surface area contributed by atoms with Crippen molar-refractivity contribution in [2.45, 2.75) is 22.6 Å². The van der Waals surface area contributed by atoms with Crippen LogP contribution in [0.4, 0.5) is 11.4 Å². The SMILES string of the molecule is COc1cc(S(=O)(=O)c2ccc(N3CCCC3)cc2)cc([N+](=O)[O-])c1O. The lowest BCUT2D eigenvalue weighted by Crippen LogP contribution is -2.17. The molecule has 0 saturated carbocycles. The lowest BCUT2D eigenvalue weighted by Gasteiger charge is -2.17. The first-order valence-corrected chi connectivity index (χ1v) is 9.48. The molecule has 0 bridgehead atoms. The van der Waals surface area contributed by atoms with Gasteiger partial charge in [0.1, 0.15) is 0 Å². The summed E-state index contributed by atoms with van der Waals surface area (Å²) in [6.07, 6.45) is 2.22. The smallest absolute Gasteiger partial charge is 0.315 e. The van der Waals surface area contributed by atoms with Crippen LogP contribution in [0.3, 0.4) is 0 Å². The molecule has 2 aromatic rings. The van der Waals surface area contributed by atoms with Crippen molar-refractivity contribution in [3.63, 3.8) is 0 Å². The summed E-state index contributed by atoms with van der Waals surface area (Å²) < 4.78 is 30.6. The summed E-state index contributed by atoms with van der Waals surface area (Å²) in [5, 5.41) is 20.9. The van der Waals surface area contributed by atoms with E-state index in [9.17, 15) is 23.6 Å². The summed E-state index contributed by atoms with van der Waals surface area (Å²) in [5.41, 5.74) is 0.215. The summed E-state index contributed by atoms with van der Waals surface area (Å²) >= 11 is 0. The molecule has 1 N–H and O–H groups in total. The monoisotopic (exact) mass is 378 g/mol. The molecule has 0 amide bonds. The van der Waals surface area contributed by atoms with Gasteiger partial charge in [-0.2, -0.15) is 0 Å². The number of aromatic hydroxyl groups is 1. The van der Waals surface area contributed by atoms with Crippen LogP contribution in [-0.4, -0.2) is 38.6 Å². The first kappa shape index (κ1) is 18.0. The standard InChI is InChI=1S/C17H18N2O6S/c1-25-16-11-14(10-15(17(16)20)19(21)22)26(23,24)13-6-4-12(5-7-13)18-8-2-3-9-18/h4-7,10-11,20H,2-3,8-9H2,1H3. The van der Waals surface area contributed by atoms with Crippen molar-refractivity contribution < 1.29 is 23.2 Å². The van der Waals surface area contributed by atoms with E-state index in [1.165, 1.54) is 19.2 Å². The molecule has 1 heterocycles. The molecular formula is C17H18N2O6S. The molecule has 9 heteroatoms. The Morgan fingerprint density at radius 3 is 2.27 bits per heavy atom. The zero-order valence-electron chi connectivity index (χ0n) is 14.1. The molecular weight excluding hydrogens is 360 g/mol. The molecule has 0 atom stereocenters. The number of hydrogen-bond acceptors (Lipinski definition) is 7. The van der Waals surface area contributed by atoms with E-state index in [4.69, 9.17) is 4.74 Å². The van der Waals surface area contributed by atoms with E-state index >= 15 is 0 Å². The Balaban J connectivity index is 2.02. The first-order valence-electron chi connectivity index (χ1n) is 8.00. The van der Waals surface area contributed by atoms with E-state index in [1.807, 2.05) is 0 Å². The average molecular weight is 378 g/mol. The number of benzene rings is 2. The van der Waals surface area contributed by atoms with Gasteiger partial charge < -0.3 is 14.7 Å². The van der Waals surface area contributed by atoms with Gasteiger partial charge in [-0.15, -0.1) is 0 Å². The van der Waals surface area contributed by atoms with Crippen molar-refractivity contribution >= 4 is 21.2 Å². The van der Waals surface area contributed by atoms with E-state index in [0.717, 1.165) is 43.8 Å². The molecule has 26 heavy (non-hydrogen) atoms. The summed E-state index contributed by atoms with van der Waals surface area (Å²) in [6.45, 7) is 1.88. The van der Waals surface area contributed by atoms with Crippen molar-refractivity contribution in [3.8, 4) is 11.5 Å². The Kier molecular flexibility index (Phi) is 4.73. The Labute approximate surface area is 150 Å². The number of nitro benzene ring substituents is 1. The van der Waals surface area contributed by atoms with Crippen molar-refractivity contribution in [2.24, 2.45) is 0 Å². The van der Waals surface area contributed by atoms with Crippen LogP contribution < -0.4 is 9.64 Å². The van der Waals surface area contributed by atoms with Gasteiger partial charge in [-0.3, -0.25) is 10.1 Å². The molecule has 0 radical (unpaired) electrons. The van der Waals surface area contributed by atoms with E-state index in [2.05, 4.69) is 4.90 Å². The number of nitro groups is 1. The van der Waals surface area contributed by atoms with Crippen LogP contribution in [0.2, 0.25) is 0 Å². The lowest BCUT2D eigenvalue weighted by molar-refractivity contribution is -0.386. The largest absolute Gasteiger partial charge is 0.500 e. The van der Waals surface area contributed by atoms with Crippen LogP contribution in [0.15, 0.2) is 46.2 Å². The normalized spacial score (nSPS) is 14.4. The zero-order chi connectivity index (χ0) is 18.9. The summed E-state index contributed by atoms with van der Waals surface area (Å²) in [5.74, 6) is -0.979. The van der Waals surface area contributed by atoms with Crippen molar-refractivity contribution in [1.29, 1.82) is 0 Å². The van der Waals surface area contributed by atoms with Gasteiger partial charge in [-0.1, -0.05) is 0 Å². The third kappa shape index (κ3) is 3.17. The highest BCUT2D eigenvalue weighted by atomic mass is 32.2. The maximum atomic E-state index is 12.8. The van der Waals surface area contributed by atoms with E-state index in [1.54, 1.807) is 12.1 Å². The third-order valence-electron chi connectivity index (χ3n) is 4.37. The molecule has 0 aromatic heterocycles. The number of phenols is 1. The molecule has 0 spiro atoms. The fraction of sp³-hybridized carbons (Fsp3) is 0.294. The molecule has 0 aliphatic carbocycles. The van der Waals surface area contributed by atoms with Crippen LogP contribution in [0, 0.1) is 10.1 Å². The van der Waals surface area contributed by atoms with Crippen molar-refractivity contribution in [3.05, 3.63) is 46.5 Å². The van der Waals surface area contributed by atoms with Crippen LogP contribution in [0.25, 0.3) is 0 Å². The van der Waals surface area contributed by atoms with Gasteiger partial charge in [0.15, 0.2) is 5.75 Å². The number of anilines is 1. The van der Waals surface area contributed by atoms with Gasteiger partial charge in [0.25, 0.3) is 0 Å². The number of rotatable bonds is 5. The van der Waals surface area contributed by atoms with Crippen LogP contribution in [0.5, 0.6) is 11.5 Å². The number of phenolic OH excluding ortho intramolecular Hbond substituents is 1. The van der Waals surface area contributed by atoms with Gasteiger partial charge in [-0.05, 0) is 37.1 Å². The number of methoxy groups -OCH3 is 1. The van der Waals surface area contributed by atoms with Crippen LogP contribution in [-0.2, 0) is 9.84 Å². The van der Waals surface area contributed by atoms with E-state index in [0.29, 0.717) is 0 Å². The highest BCUT2D eigenvalue weighted by molar-refractivity contribution is 7.91. The highest BCUT2D eigenvalue weighted by Crippen LogP contribution is 2.39. The third-order valence-corrected chi connectivity index (χ3v) is 6.12. The van der Waals surface area contributed by atoms with Gasteiger partial charge in [0.05, 0.1) is 21.8 Å². The molecule has 1 saturated heterocycles. The molecule has 1 aliphatic rings. The quantitative estimate of drug-likeness (QED) is 0.629. The number of nitrogens with zero attached hydrogens (tertiary/aromatic N) is 2. The number of hydrogen-bond donors (Lipinski definition) is 1. The zero-order valence-corrected chi connectivity index (χ0v) is 14.9. The molecule has 3 rings (SSSR count). The summed E-state index contributed by atoms with van der Waals surface area (Å²) in [6, 6.07) is 8.32. The highest BCUT2D eigenvalue weighted by Gasteiger charge is 2.27. The molecule has 8 nitrogen and oxygen atoms in total. The summed E-state index contributed by atoms with van der Waals surface area (Å²) in [7, 11) is -2.80. The Morgan fingerprint density at radius 2 is 1.73 bits per heavy atom. The molecule has 2 aromatic carbocycles. The molecule has 1 fully saturated rings. The second-order valence-electron chi connectivity index (χ2n) is 5.94. The predicted molar refractivity (Wildman–Crippen MR) is 94.7 cm³/mol. The fourth-order valence-corrected chi connectivity index (χ4v) is 4.26. The summed E-state index contributed by atoms with van der Waals surface area (Å²) in [4.78, 5) is 12.1. The van der Waals surface area contributed by atoms with E-state index in [-0.39, 0.29) is 15.5 Å². The topological polar surface area (TPSA) is 110 Å². The van der Waals surface area contributed by atoms with Gasteiger partial charge in [-0.25, -0.2) is 8.42 Å². The minimum atomic E-state index is -4.00. The van der Waals surface area contributed by atoms with Crippen LogP contribution >= 0.6 is 0 Å². The van der Waals surface area contributed by atoms with Gasteiger partial charge in [0.2, 0.25) is 15.6 Å². The second-order valence-corrected chi connectivity index (χ2v) is 7.89. The number of ether oxygens (including phenoxy) is 1. The maximum Gasteiger partial charge on any atom is 0.315 e. The van der Waals surface area contributed by atoms with Crippen molar-refractivity contribution in [1.82, 2.24) is 0 Å². The molecule has 1 aliphatic heterocycles. The minimum Gasteiger partial charge on any atom is -0.500 e. The first-order chi connectivity index (χ1) is 12.3. The van der Waals surface area contributed by atoms with Gasteiger partial charge in [0, 0.05) is 30.9 Å². The lowest BCUT2D eigenvalue weighted by atomic mass is 10.3. The fourth-order valence-electron chi connectivity index (χ4n) is 2.97. The Hall–Kier alpha value is -2.81. The number of sulfone groups is 1. The average Bonchev–Trinajstić information content (AvgIpc) is 3.16. The second kappa shape index (κ2) is 6.83. The van der Waals surface area contributed by atoms with E-state index < -0.39 is 26.2 Å². The van der Waals surface area contributed by atoms with Gasteiger partial charge >= 0.3 is 5.69 Å². The Bertz CT molecular complexity index is 934. The molecule has 0 unspecified atom stereocenters. The maximum absolute atomic E-state index is 12.8. The Morgan fingerprint density at radius 1 is 1.12 bits per heavy atom. The van der Waals surface area contributed by atoms with Crippen molar-refractivity contribution in [2.75, 3.05) is 25.1 Å². The minimum absolute atomic E-state index is 0.0162. The predicted octanol–water partition coefficient (Wildman–Crippen LogP) is 2.74. The van der Waals surface area contributed by atoms with Crippen LogP contribution in [0.1, 0.15) is 12.8 Å². The molecule has 138 valence electrons.